The molecule has 32 heavy (non-hydrogen) atoms. The highest BCUT2D eigenvalue weighted by Gasteiger charge is 2.31. The lowest BCUT2D eigenvalue weighted by Gasteiger charge is -2.37. The zero-order valence-corrected chi connectivity index (χ0v) is 18.8. The second-order valence-electron chi connectivity index (χ2n) is 9.15. The summed E-state index contributed by atoms with van der Waals surface area (Å²) in [6.45, 7) is 5.71. The third-order valence-electron chi connectivity index (χ3n) is 6.68. The van der Waals surface area contributed by atoms with Gasteiger partial charge in [-0.1, -0.05) is 6.07 Å². The van der Waals surface area contributed by atoms with Crippen molar-refractivity contribution < 1.29 is 22.8 Å². The van der Waals surface area contributed by atoms with Gasteiger partial charge in [-0.2, -0.15) is 13.2 Å². The van der Waals surface area contributed by atoms with Crippen LogP contribution in [0.25, 0.3) is 0 Å². The molecule has 2 fully saturated rings. The summed E-state index contributed by atoms with van der Waals surface area (Å²) in [5, 5.41) is 3.06. The second-order valence-corrected chi connectivity index (χ2v) is 9.15. The van der Waals surface area contributed by atoms with E-state index in [4.69, 9.17) is 0 Å². The van der Waals surface area contributed by atoms with E-state index in [0.717, 1.165) is 70.9 Å². The molecule has 0 spiro atoms. The Bertz CT molecular complexity index is 768. The van der Waals surface area contributed by atoms with Crippen LogP contribution in [0, 0.1) is 5.92 Å². The number of rotatable bonds is 8. The summed E-state index contributed by atoms with van der Waals surface area (Å²) in [4.78, 5) is 27.3. The van der Waals surface area contributed by atoms with E-state index in [1.165, 1.54) is 19.1 Å². The number of carbonyl (C=O) groups is 2. The summed E-state index contributed by atoms with van der Waals surface area (Å²) in [6.07, 6.45) is 1.57. The number of benzene rings is 1. The number of Topliss-reactive ketones (excluding diaryl/α,β-unsaturated/α-hetero) is 1. The Morgan fingerprint density at radius 2 is 1.72 bits per heavy atom. The van der Waals surface area contributed by atoms with Crippen molar-refractivity contribution in [2.45, 2.75) is 64.1 Å². The van der Waals surface area contributed by atoms with Crippen LogP contribution in [-0.4, -0.2) is 55.4 Å². The SMILES string of the molecule is CC(=O)CCC(=O)NC1CCC(CCN2CCN(c3cccc(C(F)(F)F)c3)CC2)CC1. The molecule has 0 unspecified atom stereocenters. The molecule has 1 heterocycles. The first kappa shape index (κ1) is 24.6. The lowest BCUT2D eigenvalue weighted by Crippen LogP contribution is -2.47. The molecule has 1 saturated carbocycles. The highest BCUT2D eigenvalue weighted by molar-refractivity contribution is 5.83. The number of hydrogen-bond donors (Lipinski definition) is 1. The van der Waals surface area contributed by atoms with Gasteiger partial charge in [-0.25, -0.2) is 0 Å². The quantitative estimate of drug-likeness (QED) is 0.639. The van der Waals surface area contributed by atoms with Gasteiger partial charge in [0.2, 0.25) is 5.91 Å². The van der Waals surface area contributed by atoms with E-state index in [1.807, 2.05) is 4.90 Å². The molecule has 8 heteroatoms. The average molecular weight is 454 g/mol. The van der Waals surface area contributed by atoms with E-state index in [2.05, 4.69) is 10.2 Å². The van der Waals surface area contributed by atoms with Gasteiger partial charge in [0.25, 0.3) is 0 Å². The molecule has 5 nitrogen and oxygen atoms in total. The van der Waals surface area contributed by atoms with E-state index >= 15 is 0 Å². The fraction of sp³-hybridized carbons (Fsp3) is 0.667. The van der Waals surface area contributed by atoms with Gasteiger partial charge in [0.05, 0.1) is 5.56 Å². The van der Waals surface area contributed by atoms with Gasteiger partial charge in [0.15, 0.2) is 0 Å². The molecule has 0 radical (unpaired) electrons. The molecule has 1 aliphatic heterocycles. The van der Waals surface area contributed by atoms with Crippen LogP contribution in [-0.2, 0) is 15.8 Å². The molecule has 1 saturated heterocycles. The minimum absolute atomic E-state index is 0.0257. The van der Waals surface area contributed by atoms with E-state index < -0.39 is 11.7 Å². The number of hydrogen-bond acceptors (Lipinski definition) is 4. The molecular weight excluding hydrogens is 419 g/mol. The molecule has 1 aromatic carbocycles. The maximum absolute atomic E-state index is 13.0. The first-order valence-corrected chi connectivity index (χ1v) is 11.6. The van der Waals surface area contributed by atoms with Gasteiger partial charge in [-0.15, -0.1) is 0 Å². The highest BCUT2D eigenvalue weighted by Crippen LogP contribution is 2.32. The molecule has 178 valence electrons. The van der Waals surface area contributed by atoms with Crippen molar-refractivity contribution in [2.75, 3.05) is 37.6 Å². The summed E-state index contributed by atoms with van der Waals surface area (Å²) in [5.41, 5.74) is 0.0474. The van der Waals surface area contributed by atoms with Crippen LogP contribution in [0.1, 0.15) is 57.4 Å². The number of alkyl halides is 3. The molecule has 1 amide bonds. The summed E-state index contributed by atoms with van der Waals surface area (Å²) in [6, 6.07) is 5.81. The van der Waals surface area contributed by atoms with Gasteiger partial charge in [0.1, 0.15) is 5.78 Å². The van der Waals surface area contributed by atoms with Crippen LogP contribution in [0.2, 0.25) is 0 Å². The van der Waals surface area contributed by atoms with E-state index in [9.17, 15) is 22.8 Å². The lowest BCUT2D eigenvalue weighted by molar-refractivity contribution is -0.137. The van der Waals surface area contributed by atoms with Crippen LogP contribution in [0.3, 0.4) is 0 Å². The van der Waals surface area contributed by atoms with Crippen LogP contribution in [0.15, 0.2) is 24.3 Å². The number of piperazine rings is 1. The Morgan fingerprint density at radius 3 is 2.34 bits per heavy atom. The first-order chi connectivity index (χ1) is 15.2. The Hall–Kier alpha value is -2.09. The molecule has 0 aromatic heterocycles. The summed E-state index contributed by atoms with van der Waals surface area (Å²) in [5.74, 6) is 0.670. The number of carbonyl (C=O) groups excluding carboxylic acids is 2. The van der Waals surface area contributed by atoms with Crippen molar-refractivity contribution >= 4 is 17.4 Å². The number of halogens is 3. The Kier molecular flexibility index (Phi) is 8.57. The predicted octanol–water partition coefficient (Wildman–Crippen LogP) is 4.26. The smallest absolute Gasteiger partial charge is 0.369 e. The van der Waals surface area contributed by atoms with Crippen LogP contribution in [0.4, 0.5) is 18.9 Å². The van der Waals surface area contributed by atoms with Gasteiger partial charge < -0.3 is 15.0 Å². The summed E-state index contributed by atoms with van der Waals surface area (Å²) < 4.78 is 38.9. The van der Waals surface area contributed by atoms with E-state index in [0.29, 0.717) is 18.0 Å². The Balaban J connectivity index is 1.34. The molecule has 3 rings (SSSR count). The zero-order valence-electron chi connectivity index (χ0n) is 18.8. The first-order valence-electron chi connectivity index (χ1n) is 11.6. The number of anilines is 1. The third-order valence-corrected chi connectivity index (χ3v) is 6.68. The zero-order chi connectivity index (χ0) is 23.1. The third kappa shape index (κ3) is 7.50. The normalized spacial score (nSPS) is 22.6. The maximum atomic E-state index is 13.0. The fourth-order valence-corrected chi connectivity index (χ4v) is 4.66. The van der Waals surface area contributed by atoms with Crippen LogP contribution < -0.4 is 10.2 Å². The van der Waals surface area contributed by atoms with Crippen molar-refractivity contribution in [3.63, 3.8) is 0 Å². The Morgan fingerprint density at radius 1 is 1.03 bits per heavy atom. The van der Waals surface area contributed by atoms with Crippen molar-refractivity contribution in [3.05, 3.63) is 29.8 Å². The second kappa shape index (κ2) is 11.2. The van der Waals surface area contributed by atoms with Crippen molar-refractivity contribution in [2.24, 2.45) is 5.92 Å². The molecule has 0 bridgehead atoms. The summed E-state index contributed by atoms with van der Waals surface area (Å²) >= 11 is 0. The number of nitrogens with zero attached hydrogens (tertiary/aromatic N) is 2. The van der Waals surface area contributed by atoms with Crippen molar-refractivity contribution in [3.8, 4) is 0 Å². The van der Waals surface area contributed by atoms with Crippen LogP contribution >= 0.6 is 0 Å². The molecule has 1 aliphatic carbocycles. The topological polar surface area (TPSA) is 52.7 Å². The highest BCUT2D eigenvalue weighted by atomic mass is 19.4. The Labute approximate surface area is 188 Å². The van der Waals surface area contributed by atoms with Crippen molar-refractivity contribution in [1.29, 1.82) is 0 Å². The van der Waals surface area contributed by atoms with Gasteiger partial charge >= 0.3 is 6.18 Å². The standard InChI is InChI=1S/C24H34F3N3O2/c1-18(31)5-10-23(32)28-21-8-6-19(7-9-21)11-12-29-13-15-30(16-14-29)22-4-2-3-20(17-22)24(25,26)27/h2-4,17,19,21H,5-16H2,1H3,(H,28,32). The number of amides is 1. The molecule has 1 aromatic rings. The number of ketones is 1. The van der Waals surface area contributed by atoms with E-state index in [-0.39, 0.29) is 24.2 Å². The fourth-order valence-electron chi connectivity index (χ4n) is 4.66. The maximum Gasteiger partial charge on any atom is 0.416 e. The minimum Gasteiger partial charge on any atom is -0.369 e. The van der Waals surface area contributed by atoms with Crippen molar-refractivity contribution in [1.82, 2.24) is 10.2 Å². The predicted molar refractivity (Wildman–Crippen MR) is 119 cm³/mol. The molecule has 1 N–H and O–H groups in total. The lowest BCUT2D eigenvalue weighted by atomic mass is 9.84. The summed E-state index contributed by atoms with van der Waals surface area (Å²) in [7, 11) is 0. The average Bonchev–Trinajstić information content (AvgIpc) is 2.77. The number of nitrogens with one attached hydrogen (secondary N) is 1. The molecule has 2 aliphatic rings. The van der Waals surface area contributed by atoms with E-state index in [1.54, 1.807) is 6.07 Å². The monoisotopic (exact) mass is 453 g/mol. The minimum atomic E-state index is -4.31. The molecular formula is C24H34F3N3O2. The molecule has 0 atom stereocenters. The van der Waals surface area contributed by atoms with Gasteiger partial charge in [-0.05, 0) is 69.7 Å². The van der Waals surface area contributed by atoms with Gasteiger partial charge in [0, 0.05) is 50.7 Å². The van der Waals surface area contributed by atoms with Gasteiger partial charge in [-0.3, -0.25) is 9.69 Å². The van der Waals surface area contributed by atoms with Crippen LogP contribution in [0.5, 0.6) is 0 Å². The largest absolute Gasteiger partial charge is 0.416 e.